The van der Waals surface area contributed by atoms with Crippen LogP contribution in [0, 0.1) is 0 Å². The monoisotopic (exact) mass is 342 g/mol. The predicted molar refractivity (Wildman–Crippen MR) is 92.6 cm³/mol. The minimum atomic E-state index is -0.160. The molecule has 0 aliphatic carbocycles. The number of amides is 3. The van der Waals surface area contributed by atoms with E-state index in [0.717, 1.165) is 24.1 Å². The number of rotatable bonds is 4. The molecule has 2 N–H and O–H groups in total. The minimum absolute atomic E-state index is 0.0203. The first-order chi connectivity index (χ1) is 12.1. The number of piperidine rings is 1. The van der Waals surface area contributed by atoms with Crippen molar-refractivity contribution in [1.82, 2.24) is 20.7 Å². The van der Waals surface area contributed by atoms with Gasteiger partial charge in [-0.15, -0.1) is 0 Å². The number of benzene rings is 1. The van der Waals surface area contributed by atoms with Gasteiger partial charge in [-0.2, -0.15) is 0 Å². The Morgan fingerprint density at radius 2 is 2.12 bits per heavy atom. The molecular weight excluding hydrogens is 320 g/mol. The standard InChI is InChI=1S/C18H22N4O3/c1-13(23)20-15-8-5-9-22(12-15)18(24)19-11-16-10-17(21-25-16)14-6-3-2-4-7-14/h2-4,6-7,10,15H,5,8-9,11-12H2,1H3,(H,19,24)(H,20,23)/t15-/m0/s1. The maximum atomic E-state index is 12.3. The fourth-order valence-corrected chi connectivity index (χ4v) is 2.98. The number of aromatic nitrogens is 1. The molecule has 0 spiro atoms. The average molecular weight is 342 g/mol. The van der Waals surface area contributed by atoms with E-state index in [1.54, 1.807) is 4.90 Å². The molecule has 3 amide bonds. The second-order valence-corrected chi connectivity index (χ2v) is 6.19. The van der Waals surface area contributed by atoms with E-state index in [2.05, 4.69) is 15.8 Å². The van der Waals surface area contributed by atoms with Crippen molar-refractivity contribution in [2.45, 2.75) is 32.4 Å². The van der Waals surface area contributed by atoms with Crippen molar-refractivity contribution in [2.24, 2.45) is 0 Å². The van der Waals surface area contributed by atoms with Gasteiger partial charge in [0.05, 0.1) is 6.54 Å². The van der Waals surface area contributed by atoms with Crippen molar-refractivity contribution in [1.29, 1.82) is 0 Å². The lowest BCUT2D eigenvalue weighted by Crippen LogP contribution is -2.51. The van der Waals surface area contributed by atoms with E-state index in [-0.39, 0.29) is 24.5 Å². The fourth-order valence-electron chi connectivity index (χ4n) is 2.98. The summed E-state index contributed by atoms with van der Waals surface area (Å²) >= 11 is 0. The van der Waals surface area contributed by atoms with Crippen LogP contribution in [-0.2, 0) is 11.3 Å². The number of hydrogen-bond acceptors (Lipinski definition) is 4. The van der Waals surface area contributed by atoms with E-state index in [1.807, 2.05) is 36.4 Å². The zero-order chi connectivity index (χ0) is 17.6. The van der Waals surface area contributed by atoms with Crippen LogP contribution in [0.1, 0.15) is 25.5 Å². The smallest absolute Gasteiger partial charge is 0.317 e. The number of hydrogen-bond donors (Lipinski definition) is 2. The summed E-state index contributed by atoms with van der Waals surface area (Å²) < 4.78 is 5.29. The molecule has 7 heteroatoms. The van der Waals surface area contributed by atoms with E-state index in [1.165, 1.54) is 6.92 Å². The van der Waals surface area contributed by atoms with Crippen LogP contribution in [0.25, 0.3) is 11.3 Å². The van der Waals surface area contributed by atoms with Crippen molar-refractivity contribution in [2.75, 3.05) is 13.1 Å². The van der Waals surface area contributed by atoms with Gasteiger partial charge in [0.1, 0.15) is 5.69 Å². The minimum Gasteiger partial charge on any atom is -0.359 e. The van der Waals surface area contributed by atoms with E-state index < -0.39 is 0 Å². The quantitative estimate of drug-likeness (QED) is 0.891. The van der Waals surface area contributed by atoms with E-state index >= 15 is 0 Å². The molecule has 25 heavy (non-hydrogen) atoms. The third kappa shape index (κ3) is 4.59. The van der Waals surface area contributed by atoms with Crippen molar-refractivity contribution in [3.63, 3.8) is 0 Å². The van der Waals surface area contributed by atoms with Gasteiger partial charge in [-0.3, -0.25) is 4.79 Å². The number of urea groups is 1. The van der Waals surface area contributed by atoms with Crippen molar-refractivity contribution >= 4 is 11.9 Å². The average Bonchev–Trinajstić information content (AvgIpc) is 3.09. The van der Waals surface area contributed by atoms with Crippen LogP contribution in [0.3, 0.4) is 0 Å². The highest BCUT2D eigenvalue weighted by Gasteiger charge is 2.24. The van der Waals surface area contributed by atoms with Crippen LogP contribution in [-0.4, -0.2) is 41.1 Å². The first-order valence-corrected chi connectivity index (χ1v) is 8.42. The van der Waals surface area contributed by atoms with Gasteiger partial charge in [-0.1, -0.05) is 35.5 Å². The van der Waals surface area contributed by atoms with Gasteiger partial charge in [0.15, 0.2) is 5.76 Å². The topological polar surface area (TPSA) is 87.5 Å². The summed E-state index contributed by atoms with van der Waals surface area (Å²) in [4.78, 5) is 25.2. The lowest BCUT2D eigenvalue weighted by molar-refractivity contribution is -0.119. The summed E-state index contributed by atoms with van der Waals surface area (Å²) in [7, 11) is 0. The summed E-state index contributed by atoms with van der Waals surface area (Å²) in [5.41, 5.74) is 1.71. The molecule has 7 nitrogen and oxygen atoms in total. The summed E-state index contributed by atoms with van der Waals surface area (Å²) in [6.07, 6.45) is 1.77. The second kappa shape index (κ2) is 7.83. The first-order valence-electron chi connectivity index (χ1n) is 8.42. The zero-order valence-electron chi connectivity index (χ0n) is 14.2. The third-order valence-corrected chi connectivity index (χ3v) is 4.16. The number of carbonyl (C=O) groups excluding carboxylic acids is 2. The molecule has 1 aliphatic rings. The Kier molecular flexibility index (Phi) is 5.33. The molecule has 1 atom stereocenters. The van der Waals surface area contributed by atoms with Gasteiger partial charge in [0.25, 0.3) is 0 Å². The maximum Gasteiger partial charge on any atom is 0.317 e. The molecule has 0 unspecified atom stereocenters. The molecule has 132 valence electrons. The molecule has 1 aromatic heterocycles. The van der Waals surface area contributed by atoms with Crippen LogP contribution < -0.4 is 10.6 Å². The zero-order valence-corrected chi connectivity index (χ0v) is 14.2. The van der Waals surface area contributed by atoms with Crippen molar-refractivity contribution < 1.29 is 14.1 Å². The Hall–Kier alpha value is -2.83. The lowest BCUT2D eigenvalue weighted by atomic mass is 10.1. The van der Waals surface area contributed by atoms with Crippen LogP contribution in [0.4, 0.5) is 4.79 Å². The molecule has 1 aromatic carbocycles. The van der Waals surface area contributed by atoms with Gasteiger partial charge in [-0.25, -0.2) is 4.79 Å². The van der Waals surface area contributed by atoms with E-state index in [4.69, 9.17) is 4.52 Å². The number of nitrogens with zero attached hydrogens (tertiary/aromatic N) is 2. The fraction of sp³-hybridized carbons (Fsp3) is 0.389. The molecule has 3 rings (SSSR count). The molecule has 1 aliphatic heterocycles. The number of likely N-dealkylation sites (tertiary alicyclic amines) is 1. The van der Waals surface area contributed by atoms with Gasteiger partial charge < -0.3 is 20.1 Å². The lowest BCUT2D eigenvalue weighted by Gasteiger charge is -2.32. The normalized spacial score (nSPS) is 17.2. The van der Waals surface area contributed by atoms with Gasteiger partial charge in [0.2, 0.25) is 5.91 Å². The predicted octanol–water partition coefficient (Wildman–Crippen LogP) is 2.15. The molecule has 0 saturated carbocycles. The summed E-state index contributed by atoms with van der Waals surface area (Å²) in [5, 5.41) is 9.75. The Morgan fingerprint density at radius 3 is 2.88 bits per heavy atom. The molecular formula is C18H22N4O3. The van der Waals surface area contributed by atoms with Gasteiger partial charge >= 0.3 is 6.03 Å². The van der Waals surface area contributed by atoms with Crippen LogP contribution in [0.2, 0.25) is 0 Å². The Bertz CT molecular complexity index is 729. The molecule has 2 heterocycles. The number of nitrogens with one attached hydrogen (secondary N) is 2. The van der Waals surface area contributed by atoms with Gasteiger partial charge in [0, 0.05) is 37.7 Å². The Morgan fingerprint density at radius 1 is 1.32 bits per heavy atom. The second-order valence-electron chi connectivity index (χ2n) is 6.19. The third-order valence-electron chi connectivity index (χ3n) is 4.16. The van der Waals surface area contributed by atoms with Gasteiger partial charge in [-0.05, 0) is 12.8 Å². The Balaban J connectivity index is 1.52. The summed E-state index contributed by atoms with van der Waals surface area (Å²) in [6, 6.07) is 11.4. The highest BCUT2D eigenvalue weighted by atomic mass is 16.5. The molecule has 1 saturated heterocycles. The highest BCUT2D eigenvalue weighted by molar-refractivity contribution is 5.75. The molecule has 0 radical (unpaired) electrons. The number of carbonyl (C=O) groups is 2. The highest BCUT2D eigenvalue weighted by Crippen LogP contribution is 2.18. The summed E-state index contributed by atoms with van der Waals surface area (Å²) in [6.45, 7) is 2.98. The largest absolute Gasteiger partial charge is 0.359 e. The van der Waals surface area contributed by atoms with Crippen molar-refractivity contribution in [3.8, 4) is 11.3 Å². The van der Waals surface area contributed by atoms with E-state index in [9.17, 15) is 9.59 Å². The Labute approximate surface area is 146 Å². The van der Waals surface area contributed by atoms with Crippen LogP contribution in [0.15, 0.2) is 40.9 Å². The van der Waals surface area contributed by atoms with E-state index in [0.29, 0.717) is 18.8 Å². The SMILES string of the molecule is CC(=O)N[C@H]1CCCN(C(=O)NCc2cc(-c3ccccc3)no2)C1. The molecule has 0 bridgehead atoms. The van der Waals surface area contributed by atoms with Crippen LogP contribution in [0.5, 0.6) is 0 Å². The molecule has 2 aromatic rings. The first kappa shape index (κ1) is 17.0. The maximum absolute atomic E-state index is 12.3. The van der Waals surface area contributed by atoms with Crippen LogP contribution >= 0.6 is 0 Å². The van der Waals surface area contributed by atoms with Crippen molar-refractivity contribution in [3.05, 3.63) is 42.2 Å². The molecule has 1 fully saturated rings. The summed E-state index contributed by atoms with van der Waals surface area (Å²) in [5.74, 6) is 0.532.